The quantitative estimate of drug-likeness (QED) is 0.401. The Balaban J connectivity index is 0.00000243. The van der Waals surface area contributed by atoms with Gasteiger partial charge in [0.25, 0.3) is 0 Å². The molecule has 26 heavy (non-hydrogen) atoms. The van der Waals surface area contributed by atoms with E-state index in [9.17, 15) is 4.39 Å². The van der Waals surface area contributed by atoms with Crippen LogP contribution in [0.3, 0.4) is 0 Å². The molecule has 0 amide bonds. The Kier molecular flexibility index (Phi) is 9.11. The van der Waals surface area contributed by atoms with Crippen LogP contribution in [0.1, 0.15) is 38.2 Å². The van der Waals surface area contributed by atoms with E-state index in [0.29, 0.717) is 5.92 Å². The maximum Gasteiger partial charge on any atom is 0.193 e. The third-order valence-electron chi connectivity index (χ3n) is 5.30. The van der Waals surface area contributed by atoms with E-state index in [0.717, 1.165) is 70.2 Å². The van der Waals surface area contributed by atoms with Crippen molar-refractivity contribution in [3.63, 3.8) is 0 Å². The van der Waals surface area contributed by atoms with E-state index in [2.05, 4.69) is 22.0 Å². The van der Waals surface area contributed by atoms with Crippen molar-refractivity contribution in [1.29, 1.82) is 0 Å². The van der Waals surface area contributed by atoms with Crippen molar-refractivity contribution in [3.05, 3.63) is 35.6 Å². The summed E-state index contributed by atoms with van der Waals surface area (Å²) in [4.78, 5) is 9.65. The van der Waals surface area contributed by atoms with Crippen LogP contribution in [0.4, 0.5) is 4.39 Å². The Labute approximate surface area is 174 Å². The van der Waals surface area contributed by atoms with E-state index in [4.69, 9.17) is 4.99 Å². The summed E-state index contributed by atoms with van der Waals surface area (Å²) >= 11 is 0. The molecule has 0 saturated carbocycles. The molecule has 4 nitrogen and oxygen atoms in total. The fourth-order valence-electron chi connectivity index (χ4n) is 3.76. The first kappa shape index (κ1) is 21.4. The molecule has 1 aromatic rings. The Bertz CT molecular complexity index is 567. The lowest BCUT2D eigenvalue weighted by molar-refractivity contribution is 0.178. The smallest absolute Gasteiger partial charge is 0.193 e. The fourth-order valence-corrected chi connectivity index (χ4v) is 3.76. The van der Waals surface area contributed by atoms with Gasteiger partial charge in [0.2, 0.25) is 0 Å². The highest BCUT2D eigenvalue weighted by molar-refractivity contribution is 14.0. The van der Waals surface area contributed by atoms with Crippen molar-refractivity contribution < 1.29 is 4.39 Å². The molecule has 1 N–H and O–H groups in total. The van der Waals surface area contributed by atoms with Crippen molar-refractivity contribution in [3.8, 4) is 0 Å². The standard InChI is InChI=1S/C20H31FN4.HI/c1-2-22-20(25-11-5-6-12-25)23-15-17-9-13-24(14-10-17)16-18-7-3-4-8-19(18)21;/h3-4,7-8,17H,2,5-6,9-16H2,1H3,(H,22,23);1H. The molecule has 2 fully saturated rings. The van der Waals surface area contributed by atoms with Gasteiger partial charge < -0.3 is 10.2 Å². The van der Waals surface area contributed by atoms with Crippen LogP contribution in [0, 0.1) is 11.7 Å². The molecule has 6 heteroatoms. The number of nitrogens with zero attached hydrogens (tertiary/aromatic N) is 3. The summed E-state index contributed by atoms with van der Waals surface area (Å²) in [7, 11) is 0. The first-order chi connectivity index (χ1) is 12.3. The number of rotatable bonds is 5. The van der Waals surface area contributed by atoms with Crippen molar-refractivity contribution in [1.82, 2.24) is 15.1 Å². The monoisotopic (exact) mass is 474 g/mol. The van der Waals surface area contributed by atoms with E-state index in [1.54, 1.807) is 12.1 Å². The molecule has 3 rings (SSSR count). The largest absolute Gasteiger partial charge is 0.357 e. The van der Waals surface area contributed by atoms with E-state index < -0.39 is 0 Å². The SMILES string of the molecule is CCNC(=NCC1CCN(Cc2ccccc2F)CC1)N1CCCC1.I. The van der Waals surface area contributed by atoms with Gasteiger partial charge in [-0.2, -0.15) is 0 Å². The molecular weight excluding hydrogens is 442 g/mol. The highest BCUT2D eigenvalue weighted by atomic mass is 127. The number of guanidine groups is 1. The molecule has 2 aliphatic heterocycles. The molecular formula is C20H32FIN4. The molecule has 0 atom stereocenters. The van der Waals surface area contributed by atoms with Crippen LogP contribution in [0.15, 0.2) is 29.3 Å². The second-order valence-electron chi connectivity index (χ2n) is 7.20. The summed E-state index contributed by atoms with van der Waals surface area (Å²) in [6.07, 6.45) is 4.85. The first-order valence-electron chi connectivity index (χ1n) is 9.75. The molecule has 0 aromatic heterocycles. The maximum absolute atomic E-state index is 13.8. The highest BCUT2D eigenvalue weighted by Gasteiger charge is 2.21. The number of aliphatic imine (C=N–C) groups is 1. The van der Waals surface area contributed by atoms with Gasteiger partial charge in [-0.05, 0) is 57.7 Å². The zero-order chi connectivity index (χ0) is 17.5. The third kappa shape index (κ3) is 6.08. The number of likely N-dealkylation sites (tertiary alicyclic amines) is 2. The normalized spacial score (nSPS) is 19.5. The average molecular weight is 474 g/mol. The minimum absolute atomic E-state index is 0. The van der Waals surface area contributed by atoms with Crippen LogP contribution in [-0.4, -0.2) is 55.0 Å². The molecule has 146 valence electrons. The van der Waals surface area contributed by atoms with Crippen molar-refractivity contribution in [2.24, 2.45) is 10.9 Å². The van der Waals surface area contributed by atoms with Crippen LogP contribution >= 0.6 is 24.0 Å². The van der Waals surface area contributed by atoms with Gasteiger partial charge in [0.05, 0.1) is 0 Å². The molecule has 2 aliphatic rings. The fraction of sp³-hybridized carbons (Fsp3) is 0.650. The lowest BCUT2D eigenvalue weighted by Gasteiger charge is -2.31. The molecule has 0 unspecified atom stereocenters. The van der Waals surface area contributed by atoms with Gasteiger partial charge in [0.1, 0.15) is 5.82 Å². The lowest BCUT2D eigenvalue weighted by atomic mass is 9.96. The second-order valence-corrected chi connectivity index (χ2v) is 7.20. The molecule has 0 radical (unpaired) electrons. The number of hydrogen-bond donors (Lipinski definition) is 1. The second kappa shape index (κ2) is 11.1. The van der Waals surface area contributed by atoms with Gasteiger partial charge in [-0.1, -0.05) is 18.2 Å². The minimum atomic E-state index is -0.0879. The molecule has 0 bridgehead atoms. The predicted molar refractivity (Wildman–Crippen MR) is 117 cm³/mol. The number of hydrogen-bond acceptors (Lipinski definition) is 2. The van der Waals surface area contributed by atoms with Gasteiger partial charge >= 0.3 is 0 Å². The van der Waals surface area contributed by atoms with Gasteiger partial charge in [-0.15, -0.1) is 24.0 Å². The Hall–Kier alpha value is -0.890. The van der Waals surface area contributed by atoms with Gasteiger partial charge in [0.15, 0.2) is 5.96 Å². The summed E-state index contributed by atoms with van der Waals surface area (Å²) in [5.41, 5.74) is 0.808. The van der Waals surface area contributed by atoms with Crippen LogP contribution in [-0.2, 0) is 6.54 Å². The van der Waals surface area contributed by atoms with E-state index in [1.165, 1.54) is 12.8 Å². The topological polar surface area (TPSA) is 30.9 Å². The molecule has 1 aromatic carbocycles. The zero-order valence-corrected chi connectivity index (χ0v) is 18.1. The summed E-state index contributed by atoms with van der Waals surface area (Å²) in [6.45, 7) is 9.03. The van der Waals surface area contributed by atoms with Crippen LogP contribution in [0.25, 0.3) is 0 Å². The summed E-state index contributed by atoms with van der Waals surface area (Å²) < 4.78 is 13.8. The zero-order valence-electron chi connectivity index (χ0n) is 15.8. The summed E-state index contributed by atoms with van der Waals surface area (Å²) in [5, 5.41) is 3.44. The van der Waals surface area contributed by atoms with Gasteiger partial charge in [-0.25, -0.2) is 4.39 Å². The van der Waals surface area contributed by atoms with E-state index in [-0.39, 0.29) is 29.8 Å². The van der Waals surface area contributed by atoms with Crippen LogP contribution < -0.4 is 5.32 Å². The predicted octanol–water partition coefficient (Wildman–Crippen LogP) is 3.72. The first-order valence-corrected chi connectivity index (χ1v) is 9.75. The maximum atomic E-state index is 13.8. The summed E-state index contributed by atoms with van der Waals surface area (Å²) in [6, 6.07) is 7.12. The Morgan fingerprint density at radius 3 is 2.50 bits per heavy atom. The van der Waals surface area contributed by atoms with Gasteiger partial charge in [-0.3, -0.25) is 9.89 Å². The molecule has 2 heterocycles. The minimum Gasteiger partial charge on any atom is -0.357 e. The number of halogens is 2. The number of piperidine rings is 1. The van der Waals surface area contributed by atoms with E-state index >= 15 is 0 Å². The Morgan fingerprint density at radius 1 is 1.15 bits per heavy atom. The van der Waals surface area contributed by atoms with Crippen LogP contribution in [0.5, 0.6) is 0 Å². The average Bonchev–Trinajstić information content (AvgIpc) is 3.16. The molecule has 0 aliphatic carbocycles. The molecule has 0 spiro atoms. The van der Waals surface area contributed by atoms with Crippen molar-refractivity contribution in [2.45, 2.75) is 39.2 Å². The highest BCUT2D eigenvalue weighted by Crippen LogP contribution is 2.20. The van der Waals surface area contributed by atoms with Crippen molar-refractivity contribution >= 4 is 29.9 Å². The van der Waals surface area contributed by atoms with Gasteiger partial charge in [0, 0.05) is 38.3 Å². The molecule has 2 saturated heterocycles. The van der Waals surface area contributed by atoms with E-state index in [1.807, 2.05) is 12.1 Å². The summed E-state index contributed by atoms with van der Waals surface area (Å²) in [5.74, 6) is 1.65. The van der Waals surface area contributed by atoms with Crippen LogP contribution in [0.2, 0.25) is 0 Å². The van der Waals surface area contributed by atoms with Crippen molar-refractivity contribution in [2.75, 3.05) is 39.3 Å². The third-order valence-corrected chi connectivity index (χ3v) is 5.30. The Morgan fingerprint density at radius 2 is 1.85 bits per heavy atom. The number of nitrogens with one attached hydrogen (secondary N) is 1. The lowest BCUT2D eigenvalue weighted by Crippen LogP contribution is -2.40. The number of benzene rings is 1.